The van der Waals surface area contributed by atoms with Crippen molar-refractivity contribution < 1.29 is 22.7 Å². The highest BCUT2D eigenvalue weighted by atomic mass is 32.2. The van der Waals surface area contributed by atoms with Crippen molar-refractivity contribution in [2.24, 2.45) is 0 Å². The number of nitrogens with one attached hydrogen (secondary N) is 2. The molecule has 3 N–H and O–H groups in total. The summed E-state index contributed by atoms with van der Waals surface area (Å²) >= 11 is 0. The molecule has 1 saturated carbocycles. The van der Waals surface area contributed by atoms with E-state index in [0.717, 1.165) is 21.8 Å². The number of aliphatic hydroxyl groups excluding tert-OH is 1. The van der Waals surface area contributed by atoms with Crippen LogP contribution in [0.2, 0.25) is 0 Å². The van der Waals surface area contributed by atoms with Crippen LogP contribution < -0.4 is 10.0 Å². The lowest BCUT2D eigenvalue weighted by Gasteiger charge is -2.15. The Labute approximate surface area is 162 Å². The second-order valence-corrected chi connectivity index (χ2v) is 8.92. The Morgan fingerprint density at radius 2 is 2.11 bits per heavy atom. The molecule has 0 spiro atoms. The van der Waals surface area contributed by atoms with Gasteiger partial charge in [-0.1, -0.05) is 12.1 Å². The molecular weight excluding hydrogens is 384 g/mol. The fourth-order valence-corrected chi connectivity index (χ4v) is 4.34. The first-order valence-corrected chi connectivity index (χ1v) is 10.6. The number of hydrogen-bond donors (Lipinski definition) is 3. The van der Waals surface area contributed by atoms with Crippen LogP contribution in [0, 0.1) is 6.92 Å². The minimum absolute atomic E-state index is 0.0369. The predicted molar refractivity (Wildman–Crippen MR) is 102 cm³/mol. The summed E-state index contributed by atoms with van der Waals surface area (Å²) in [5.41, 5.74) is 2.93. The van der Waals surface area contributed by atoms with Crippen LogP contribution in [-0.2, 0) is 10.2 Å². The highest BCUT2D eigenvalue weighted by molar-refractivity contribution is 7.87. The van der Waals surface area contributed by atoms with Crippen molar-refractivity contribution in [3.63, 3.8) is 0 Å². The van der Waals surface area contributed by atoms with E-state index in [0.29, 0.717) is 12.3 Å². The molecule has 10 heteroatoms. The zero-order valence-corrected chi connectivity index (χ0v) is 16.2. The van der Waals surface area contributed by atoms with Crippen molar-refractivity contribution in [1.29, 1.82) is 0 Å². The highest BCUT2D eigenvalue weighted by Gasteiger charge is 2.32. The molecule has 1 aliphatic carbocycles. The molecule has 1 aliphatic heterocycles. The summed E-state index contributed by atoms with van der Waals surface area (Å²) in [7, 11) is -4.03. The molecule has 1 saturated heterocycles. The Morgan fingerprint density at radius 3 is 2.79 bits per heavy atom. The maximum absolute atomic E-state index is 12.3. The zero-order valence-electron chi connectivity index (χ0n) is 15.4. The van der Waals surface area contributed by atoms with E-state index in [-0.39, 0.29) is 24.8 Å². The highest BCUT2D eigenvalue weighted by Crippen LogP contribution is 2.41. The fourth-order valence-electron chi connectivity index (χ4n) is 3.16. The van der Waals surface area contributed by atoms with Crippen LogP contribution in [0.3, 0.4) is 0 Å². The number of carbonyl (C=O) groups is 1. The average Bonchev–Trinajstić information content (AvgIpc) is 3.21. The van der Waals surface area contributed by atoms with Crippen molar-refractivity contribution in [3.8, 4) is 0 Å². The van der Waals surface area contributed by atoms with Crippen LogP contribution in [0.1, 0.15) is 46.8 Å². The lowest BCUT2D eigenvalue weighted by Crippen LogP contribution is -2.42. The third-order valence-corrected chi connectivity index (χ3v) is 6.43. The van der Waals surface area contributed by atoms with Crippen LogP contribution in [0.5, 0.6) is 0 Å². The number of amides is 1. The van der Waals surface area contributed by atoms with Crippen molar-refractivity contribution >= 4 is 27.8 Å². The van der Waals surface area contributed by atoms with E-state index in [2.05, 4.69) is 16.4 Å². The second kappa shape index (κ2) is 7.19. The van der Waals surface area contributed by atoms with Gasteiger partial charge in [-0.15, -0.1) is 0 Å². The van der Waals surface area contributed by atoms with Gasteiger partial charge in [-0.2, -0.15) is 17.7 Å². The third kappa shape index (κ3) is 4.03. The van der Waals surface area contributed by atoms with Gasteiger partial charge in [0.05, 0.1) is 6.10 Å². The van der Waals surface area contributed by atoms with Crippen LogP contribution in [-0.4, -0.2) is 47.9 Å². The van der Waals surface area contributed by atoms with E-state index in [4.69, 9.17) is 4.42 Å². The van der Waals surface area contributed by atoms with Crippen molar-refractivity contribution in [1.82, 2.24) is 14.0 Å². The molecule has 1 atom stereocenters. The Bertz CT molecular complexity index is 999. The van der Waals surface area contributed by atoms with Gasteiger partial charge in [-0.3, -0.25) is 4.79 Å². The molecule has 28 heavy (non-hydrogen) atoms. The third-order valence-electron chi connectivity index (χ3n) is 4.98. The van der Waals surface area contributed by atoms with Gasteiger partial charge in [0.15, 0.2) is 5.69 Å². The van der Waals surface area contributed by atoms with Gasteiger partial charge >= 0.3 is 10.2 Å². The number of rotatable bonds is 6. The van der Waals surface area contributed by atoms with Crippen molar-refractivity contribution in [2.75, 3.05) is 18.4 Å². The molecule has 2 heterocycles. The zero-order chi connectivity index (χ0) is 19.9. The lowest BCUT2D eigenvalue weighted by atomic mass is 10.1. The van der Waals surface area contributed by atoms with Gasteiger partial charge in [-0.05, 0) is 49.3 Å². The van der Waals surface area contributed by atoms with E-state index >= 15 is 0 Å². The number of benzene rings is 1. The van der Waals surface area contributed by atoms with Gasteiger partial charge in [0.2, 0.25) is 0 Å². The molecule has 2 aliphatic rings. The van der Waals surface area contributed by atoms with Gasteiger partial charge in [0.25, 0.3) is 11.9 Å². The molecule has 1 amide bonds. The molecule has 4 rings (SSSR count). The molecule has 0 bridgehead atoms. The van der Waals surface area contributed by atoms with E-state index < -0.39 is 22.2 Å². The van der Waals surface area contributed by atoms with Gasteiger partial charge in [-0.25, -0.2) is 4.72 Å². The quantitative estimate of drug-likeness (QED) is 0.666. The maximum Gasteiger partial charge on any atom is 0.304 e. The van der Waals surface area contributed by atoms with Crippen LogP contribution in [0.15, 0.2) is 28.9 Å². The first-order valence-electron chi connectivity index (χ1n) is 9.15. The normalized spacial score (nSPS) is 20.3. The van der Waals surface area contributed by atoms with Crippen molar-refractivity contribution in [3.05, 3.63) is 41.3 Å². The van der Waals surface area contributed by atoms with Crippen LogP contribution >= 0.6 is 0 Å². The number of hydrogen-bond acceptors (Lipinski definition) is 7. The van der Waals surface area contributed by atoms with E-state index in [9.17, 15) is 18.3 Å². The lowest BCUT2D eigenvalue weighted by molar-refractivity contribution is 0.0974. The fraction of sp³-hybridized carbons (Fsp3) is 0.444. The first kappa shape index (κ1) is 18.9. The molecule has 150 valence electrons. The van der Waals surface area contributed by atoms with Gasteiger partial charge in [0, 0.05) is 18.8 Å². The average molecular weight is 406 g/mol. The Morgan fingerprint density at radius 1 is 1.32 bits per heavy atom. The monoisotopic (exact) mass is 406 g/mol. The number of aromatic nitrogens is 1. The Kier molecular flexibility index (Phi) is 4.86. The molecular formula is C18H22N4O5S. The minimum atomic E-state index is -4.03. The van der Waals surface area contributed by atoms with Crippen LogP contribution in [0.4, 0.5) is 11.7 Å². The number of aryl methyl sites for hydroxylation is 1. The maximum atomic E-state index is 12.3. The van der Waals surface area contributed by atoms with Crippen LogP contribution in [0.25, 0.3) is 0 Å². The topological polar surface area (TPSA) is 125 Å². The number of aliphatic hydroxyl groups is 1. The number of anilines is 2. The summed E-state index contributed by atoms with van der Waals surface area (Å²) in [6, 6.07) is 6.27. The van der Waals surface area contributed by atoms with Gasteiger partial charge in [0.1, 0.15) is 6.26 Å². The Hall–Kier alpha value is -2.43. The summed E-state index contributed by atoms with van der Waals surface area (Å²) in [6.45, 7) is 2.07. The second-order valence-electron chi connectivity index (χ2n) is 7.25. The number of carbonyl (C=O) groups excluding carboxylic acids is 1. The molecule has 2 aromatic rings. The summed E-state index contributed by atoms with van der Waals surface area (Å²) in [5.74, 6) is -0.289. The Balaban J connectivity index is 1.44. The summed E-state index contributed by atoms with van der Waals surface area (Å²) in [6.07, 6.45) is 3.10. The molecule has 9 nitrogen and oxygen atoms in total. The SMILES string of the molecule is Cc1ccc(C2CC2)cc1Nc1nc(C(=O)NS(=O)(=O)N2CCC(O)C2)co1. The largest absolute Gasteiger partial charge is 0.431 e. The smallest absolute Gasteiger partial charge is 0.304 e. The summed E-state index contributed by atoms with van der Waals surface area (Å²) in [4.78, 5) is 16.3. The van der Waals surface area contributed by atoms with E-state index in [1.54, 1.807) is 0 Å². The molecule has 1 aromatic heterocycles. The predicted octanol–water partition coefficient (Wildman–Crippen LogP) is 1.65. The van der Waals surface area contributed by atoms with Crippen molar-refractivity contribution in [2.45, 2.75) is 38.2 Å². The molecule has 0 radical (unpaired) electrons. The standard InChI is InChI=1S/C18H22N4O5S/c1-11-2-3-13(12-4-5-12)8-15(11)19-18-20-16(10-27-18)17(24)21-28(25,26)22-7-6-14(23)9-22/h2-3,8,10,12,14,23H,4-7,9H2,1H3,(H,19,20)(H,21,24). The summed E-state index contributed by atoms with van der Waals surface area (Å²) in [5, 5.41) is 12.5. The number of β-amino-alcohol motifs (C(OH)–C–C–N with tert-alkyl or cyclic N) is 1. The molecule has 2 fully saturated rings. The molecule has 1 unspecified atom stereocenters. The number of nitrogens with zero attached hydrogens (tertiary/aromatic N) is 2. The summed E-state index contributed by atoms with van der Waals surface area (Å²) < 4.78 is 32.7. The van der Waals surface area contributed by atoms with E-state index in [1.807, 2.05) is 23.8 Å². The van der Waals surface area contributed by atoms with Gasteiger partial charge < -0.3 is 14.8 Å². The first-order chi connectivity index (χ1) is 13.3. The minimum Gasteiger partial charge on any atom is -0.431 e. The number of oxazole rings is 1. The van der Waals surface area contributed by atoms with E-state index in [1.165, 1.54) is 18.4 Å². The molecule has 1 aromatic carbocycles.